The van der Waals surface area contributed by atoms with Crippen LogP contribution in [0.2, 0.25) is 0 Å². The number of halogens is 4. The molecule has 0 bridgehead atoms. The predicted octanol–water partition coefficient (Wildman–Crippen LogP) is 9.41. The third-order valence-electron chi connectivity index (χ3n) is 6.69. The number of imidazole rings is 1. The molecule has 1 aromatic heterocycles. The summed E-state index contributed by atoms with van der Waals surface area (Å²) in [6, 6.07) is 15.9. The lowest BCUT2D eigenvalue weighted by Crippen LogP contribution is -2.09. The Kier molecular flexibility index (Phi) is 7.86. The smallest absolute Gasteiger partial charge is 0.299 e. The maximum atomic E-state index is 13.9. The number of aryl methyl sites for hydroxylation is 4. The molecule has 0 radical (unpaired) electrons. The Bertz CT molecular complexity index is 1360. The maximum Gasteiger partial charge on any atom is 0.419 e. The molecule has 0 saturated carbocycles. The van der Waals surface area contributed by atoms with E-state index in [2.05, 4.69) is 48.3 Å². The van der Waals surface area contributed by atoms with Crippen molar-refractivity contribution in [2.24, 2.45) is 0 Å². The van der Waals surface area contributed by atoms with Gasteiger partial charge in [0.2, 0.25) is 0 Å². The molecule has 4 aromatic rings. The molecule has 0 saturated heterocycles. The molecule has 0 fully saturated rings. The van der Waals surface area contributed by atoms with E-state index >= 15 is 0 Å². The lowest BCUT2D eigenvalue weighted by Gasteiger charge is -2.17. The van der Waals surface area contributed by atoms with Crippen molar-refractivity contribution in [3.8, 4) is 28.2 Å². The van der Waals surface area contributed by atoms with Crippen LogP contribution in [-0.4, -0.2) is 9.55 Å². The van der Waals surface area contributed by atoms with Crippen molar-refractivity contribution in [2.75, 3.05) is 0 Å². The average Bonchev–Trinajstić information content (AvgIpc) is 3.22. The lowest BCUT2D eigenvalue weighted by atomic mass is 9.97. The monoisotopic (exact) mass is 508 g/mol. The third-order valence-corrected chi connectivity index (χ3v) is 6.69. The normalized spacial score (nSPS) is 11.8. The van der Waals surface area contributed by atoms with Gasteiger partial charge in [-0.3, -0.25) is 4.57 Å². The summed E-state index contributed by atoms with van der Waals surface area (Å²) in [5.74, 6) is -0.954. The maximum absolute atomic E-state index is 13.9. The van der Waals surface area contributed by atoms with Crippen LogP contribution in [0, 0.1) is 26.6 Å². The zero-order valence-electron chi connectivity index (χ0n) is 21.7. The van der Waals surface area contributed by atoms with Crippen LogP contribution in [0.3, 0.4) is 0 Å². The van der Waals surface area contributed by atoms with Crippen LogP contribution >= 0.6 is 0 Å². The molecule has 6 heteroatoms. The highest BCUT2D eigenvalue weighted by Gasteiger charge is 2.34. The SMILES string of the molecule is CCCCCCc1ccc(-c2cc(C)c(-n3cc(C)nc3-c3ccc(F)c(C(F)(F)F)c3)c(C)c2)cc1. The largest absolute Gasteiger partial charge is 0.419 e. The minimum Gasteiger partial charge on any atom is -0.299 e. The molecule has 0 N–H and O–H groups in total. The summed E-state index contributed by atoms with van der Waals surface area (Å²) in [6.07, 6.45) is 3.05. The van der Waals surface area contributed by atoms with Gasteiger partial charge in [0, 0.05) is 11.8 Å². The van der Waals surface area contributed by atoms with Crippen molar-refractivity contribution in [1.29, 1.82) is 0 Å². The molecule has 0 unspecified atom stereocenters. The Hall–Kier alpha value is -3.41. The van der Waals surface area contributed by atoms with Crippen molar-refractivity contribution < 1.29 is 17.6 Å². The fourth-order valence-electron chi connectivity index (χ4n) is 4.88. The molecule has 0 aliphatic carbocycles. The first-order chi connectivity index (χ1) is 17.6. The van der Waals surface area contributed by atoms with Crippen LogP contribution in [0.1, 0.15) is 60.6 Å². The van der Waals surface area contributed by atoms with Gasteiger partial charge in [-0.25, -0.2) is 9.37 Å². The van der Waals surface area contributed by atoms with Gasteiger partial charge in [0.15, 0.2) is 0 Å². The second-order valence-corrected chi connectivity index (χ2v) is 9.73. The Morgan fingerprint density at radius 1 is 0.784 bits per heavy atom. The molecule has 0 atom stereocenters. The number of aromatic nitrogens is 2. The zero-order chi connectivity index (χ0) is 26.7. The van der Waals surface area contributed by atoms with Gasteiger partial charge in [-0.15, -0.1) is 0 Å². The lowest BCUT2D eigenvalue weighted by molar-refractivity contribution is -0.139. The number of benzene rings is 3. The van der Waals surface area contributed by atoms with Crippen molar-refractivity contribution in [3.05, 3.63) is 94.6 Å². The molecular weight excluding hydrogens is 476 g/mol. The second kappa shape index (κ2) is 10.9. The average molecular weight is 509 g/mol. The van der Waals surface area contributed by atoms with Crippen LogP contribution in [0.5, 0.6) is 0 Å². The quantitative estimate of drug-likeness (QED) is 0.171. The van der Waals surface area contributed by atoms with E-state index in [0.717, 1.165) is 46.5 Å². The van der Waals surface area contributed by atoms with Crippen molar-refractivity contribution in [2.45, 2.75) is 66.0 Å². The standard InChI is InChI=1S/C31H32F4N2/c1-5-6-7-8-9-23-10-12-24(13-11-23)26-16-20(2)29(21(3)17-26)37-19-22(4)36-30(37)25-14-15-28(32)27(18-25)31(33,34)35/h10-19H,5-9H2,1-4H3. The highest BCUT2D eigenvalue weighted by molar-refractivity contribution is 5.70. The van der Waals surface area contributed by atoms with Crippen LogP contribution in [-0.2, 0) is 12.6 Å². The molecule has 0 aliphatic heterocycles. The topological polar surface area (TPSA) is 17.8 Å². The summed E-state index contributed by atoms with van der Waals surface area (Å²) in [7, 11) is 0. The minimum absolute atomic E-state index is 0.208. The molecule has 194 valence electrons. The highest BCUT2D eigenvalue weighted by Crippen LogP contribution is 2.36. The number of rotatable bonds is 8. The van der Waals surface area contributed by atoms with E-state index in [-0.39, 0.29) is 5.56 Å². The molecule has 37 heavy (non-hydrogen) atoms. The highest BCUT2D eigenvalue weighted by atomic mass is 19.4. The Morgan fingerprint density at radius 3 is 2.05 bits per heavy atom. The van der Waals surface area contributed by atoms with Crippen LogP contribution in [0.25, 0.3) is 28.2 Å². The van der Waals surface area contributed by atoms with Gasteiger partial charge in [-0.2, -0.15) is 13.2 Å². The summed E-state index contributed by atoms with van der Waals surface area (Å²) in [6.45, 7) is 7.97. The summed E-state index contributed by atoms with van der Waals surface area (Å²) in [4.78, 5) is 4.49. The van der Waals surface area contributed by atoms with Gasteiger partial charge in [0.25, 0.3) is 0 Å². The molecular formula is C31H32F4N2. The third kappa shape index (κ3) is 5.95. The summed E-state index contributed by atoms with van der Waals surface area (Å²) >= 11 is 0. The van der Waals surface area contributed by atoms with Gasteiger partial charge < -0.3 is 0 Å². The summed E-state index contributed by atoms with van der Waals surface area (Å²) < 4.78 is 55.8. The van der Waals surface area contributed by atoms with E-state index in [1.807, 2.05) is 13.8 Å². The van der Waals surface area contributed by atoms with E-state index in [0.29, 0.717) is 11.5 Å². The van der Waals surface area contributed by atoms with E-state index in [1.165, 1.54) is 37.3 Å². The molecule has 2 nitrogen and oxygen atoms in total. The van der Waals surface area contributed by atoms with Gasteiger partial charge >= 0.3 is 6.18 Å². The van der Waals surface area contributed by atoms with Crippen molar-refractivity contribution in [1.82, 2.24) is 9.55 Å². The van der Waals surface area contributed by atoms with Gasteiger partial charge in [0.05, 0.1) is 16.9 Å². The second-order valence-electron chi connectivity index (χ2n) is 9.73. The zero-order valence-corrected chi connectivity index (χ0v) is 21.7. The summed E-state index contributed by atoms with van der Waals surface area (Å²) in [5, 5.41) is 0. The molecule has 0 amide bonds. The van der Waals surface area contributed by atoms with Gasteiger partial charge in [0.1, 0.15) is 11.6 Å². The van der Waals surface area contributed by atoms with Gasteiger partial charge in [-0.05, 0) is 91.8 Å². The number of unbranched alkanes of at least 4 members (excludes halogenated alkanes) is 3. The Morgan fingerprint density at radius 2 is 1.43 bits per heavy atom. The van der Waals surface area contributed by atoms with Crippen LogP contribution < -0.4 is 0 Å². The Labute approximate surface area is 216 Å². The van der Waals surface area contributed by atoms with E-state index in [1.54, 1.807) is 17.7 Å². The first-order valence-corrected chi connectivity index (χ1v) is 12.7. The fourth-order valence-corrected chi connectivity index (χ4v) is 4.88. The molecule has 0 spiro atoms. The van der Waals surface area contributed by atoms with Crippen molar-refractivity contribution in [3.63, 3.8) is 0 Å². The number of hydrogen-bond acceptors (Lipinski definition) is 1. The number of hydrogen-bond donors (Lipinski definition) is 0. The molecule has 4 rings (SSSR count). The van der Waals surface area contributed by atoms with E-state index in [4.69, 9.17) is 0 Å². The minimum atomic E-state index is -4.79. The Balaban J connectivity index is 1.68. The first-order valence-electron chi connectivity index (χ1n) is 12.7. The van der Waals surface area contributed by atoms with Crippen LogP contribution in [0.15, 0.2) is 60.8 Å². The molecule has 3 aromatic carbocycles. The van der Waals surface area contributed by atoms with E-state index in [9.17, 15) is 17.6 Å². The fraction of sp³-hybridized carbons (Fsp3) is 0.323. The van der Waals surface area contributed by atoms with Gasteiger partial charge in [-0.1, -0.05) is 50.5 Å². The first kappa shape index (κ1) is 26.6. The number of nitrogens with zero attached hydrogens (tertiary/aromatic N) is 2. The van der Waals surface area contributed by atoms with Crippen molar-refractivity contribution >= 4 is 0 Å². The van der Waals surface area contributed by atoms with Crippen LogP contribution in [0.4, 0.5) is 17.6 Å². The van der Waals surface area contributed by atoms with E-state index < -0.39 is 17.6 Å². The predicted molar refractivity (Wildman–Crippen MR) is 141 cm³/mol. The molecule has 1 heterocycles. The number of alkyl halides is 3. The molecule has 0 aliphatic rings. The summed E-state index contributed by atoms with van der Waals surface area (Å²) in [5.41, 5.74) is 5.89.